The average molecular weight is 597 g/mol. The summed E-state index contributed by atoms with van der Waals surface area (Å²) in [6.45, 7) is 5.59. The van der Waals surface area contributed by atoms with Crippen LogP contribution >= 0.6 is 0 Å². The van der Waals surface area contributed by atoms with E-state index in [1.807, 2.05) is 49.5 Å². The summed E-state index contributed by atoms with van der Waals surface area (Å²) in [6, 6.07) is 22.1. The molecule has 0 spiro atoms. The molecule has 44 heavy (non-hydrogen) atoms. The van der Waals surface area contributed by atoms with E-state index in [0.717, 1.165) is 16.7 Å². The van der Waals surface area contributed by atoms with Crippen molar-refractivity contribution < 1.29 is 23.8 Å². The molecule has 226 valence electrons. The summed E-state index contributed by atoms with van der Waals surface area (Å²) in [5.41, 5.74) is 3.80. The lowest BCUT2D eigenvalue weighted by molar-refractivity contribution is -0.115. The maximum atomic E-state index is 13.1. The predicted octanol–water partition coefficient (Wildman–Crippen LogP) is 5.36. The maximum Gasteiger partial charge on any atom is 0.251 e. The van der Waals surface area contributed by atoms with E-state index in [1.165, 1.54) is 12.1 Å². The molecule has 0 fully saturated rings. The van der Waals surface area contributed by atoms with Crippen LogP contribution in [0.3, 0.4) is 0 Å². The van der Waals surface area contributed by atoms with Crippen LogP contribution in [0, 0.1) is 5.82 Å². The quantitative estimate of drug-likeness (QED) is 0.162. The van der Waals surface area contributed by atoms with Crippen LogP contribution in [0.25, 0.3) is 16.8 Å². The van der Waals surface area contributed by atoms with Gasteiger partial charge in [0.25, 0.3) is 5.91 Å². The highest BCUT2D eigenvalue weighted by molar-refractivity contribution is 5.95. The van der Waals surface area contributed by atoms with Crippen LogP contribution < -0.4 is 20.7 Å². The number of ether oxygens (including phenoxy) is 1. The highest BCUT2D eigenvalue weighted by atomic mass is 19.1. The molecule has 0 saturated heterocycles. The number of hydrogen-bond acceptors (Lipinski definition) is 7. The van der Waals surface area contributed by atoms with Crippen LogP contribution in [-0.4, -0.2) is 50.3 Å². The van der Waals surface area contributed by atoms with Crippen molar-refractivity contribution in [3.63, 3.8) is 0 Å². The van der Waals surface area contributed by atoms with Crippen LogP contribution in [-0.2, 0) is 11.2 Å². The number of nitrogens with zero attached hydrogens (tertiary/aromatic N) is 3. The Kier molecular flexibility index (Phi) is 8.86. The van der Waals surface area contributed by atoms with Gasteiger partial charge in [0.05, 0.1) is 24.3 Å². The molecule has 0 aliphatic carbocycles. The van der Waals surface area contributed by atoms with Gasteiger partial charge in [-0.2, -0.15) is 4.98 Å². The van der Waals surface area contributed by atoms with Crippen molar-refractivity contribution in [2.24, 2.45) is 0 Å². The van der Waals surface area contributed by atoms with E-state index < -0.39 is 5.60 Å². The molecule has 0 unspecified atom stereocenters. The second-order valence-corrected chi connectivity index (χ2v) is 10.8. The first-order chi connectivity index (χ1) is 21.1. The van der Waals surface area contributed by atoms with E-state index >= 15 is 0 Å². The van der Waals surface area contributed by atoms with Crippen molar-refractivity contribution in [1.29, 1.82) is 0 Å². The molecule has 0 aliphatic rings. The van der Waals surface area contributed by atoms with Crippen LogP contribution in [0.4, 0.5) is 21.7 Å². The molecule has 10 nitrogen and oxygen atoms in total. The Morgan fingerprint density at radius 1 is 0.977 bits per heavy atom. The van der Waals surface area contributed by atoms with Gasteiger partial charge >= 0.3 is 0 Å². The number of carbonyl (C=O) groups excluding carboxylic acids is 2. The summed E-state index contributed by atoms with van der Waals surface area (Å²) < 4.78 is 20.5. The second-order valence-electron chi connectivity index (χ2n) is 10.8. The molecule has 2 aromatic heterocycles. The van der Waals surface area contributed by atoms with Crippen molar-refractivity contribution in [3.8, 4) is 16.9 Å². The van der Waals surface area contributed by atoms with E-state index in [-0.39, 0.29) is 30.6 Å². The normalized spacial score (nSPS) is 11.3. The summed E-state index contributed by atoms with van der Waals surface area (Å²) in [5.74, 6) is -0.0353. The average Bonchev–Trinajstić information content (AvgIpc) is 3.40. The summed E-state index contributed by atoms with van der Waals surface area (Å²) in [5, 5.41) is 23.2. The van der Waals surface area contributed by atoms with E-state index in [9.17, 15) is 19.1 Å². The molecule has 5 aromatic rings. The van der Waals surface area contributed by atoms with E-state index in [1.54, 1.807) is 48.7 Å². The molecule has 11 heteroatoms. The summed E-state index contributed by atoms with van der Waals surface area (Å²) >= 11 is 0. The molecule has 0 bridgehead atoms. The van der Waals surface area contributed by atoms with Crippen molar-refractivity contribution >= 4 is 34.8 Å². The fraction of sp³-hybridized carbons (Fsp3) is 0.212. The topological polar surface area (TPSA) is 130 Å². The van der Waals surface area contributed by atoms with Crippen LogP contribution in [0.2, 0.25) is 0 Å². The number of nitrogens with one attached hydrogen (secondary N) is 3. The molecule has 0 aliphatic heterocycles. The molecule has 4 N–H and O–H groups in total. The van der Waals surface area contributed by atoms with Gasteiger partial charge in [0.15, 0.2) is 5.65 Å². The predicted molar refractivity (Wildman–Crippen MR) is 167 cm³/mol. The molecule has 3 aromatic carbocycles. The molecular formula is C33H33FN6O4. The minimum atomic E-state index is -1.03. The van der Waals surface area contributed by atoms with Gasteiger partial charge in [-0.1, -0.05) is 24.3 Å². The Bertz CT molecular complexity index is 1780. The van der Waals surface area contributed by atoms with Gasteiger partial charge < -0.3 is 25.8 Å². The molecule has 2 amide bonds. The number of anilines is 3. The zero-order valence-electron chi connectivity index (χ0n) is 24.6. The van der Waals surface area contributed by atoms with Crippen LogP contribution in [0.1, 0.15) is 36.7 Å². The smallest absolute Gasteiger partial charge is 0.251 e. The van der Waals surface area contributed by atoms with E-state index in [4.69, 9.17) is 4.74 Å². The lowest BCUT2D eigenvalue weighted by Crippen LogP contribution is -2.38. The van der Waals surface area contributed by atoms with Crippen molar-refractivity contribution in [2.45, 2.75) is 32.8 Å². The summed E-state index contributed by atoms with van der Waals surface area (Å²) in [4.78, 5) is 29.5. The third kappa shape index (κ3) is 7.75. The molecule has 0 atom stereocenters. The molecule has 5 rings (SSSR count). The maximum absolute atomic E-state index is 13.1. The second kappa shape index (κ2) is 12.9. The Labute approximate surface area is 253 Å². The van der Waals surface area contributed by atoms with Crippen LogP contribution in [0.15, 0.2) is 85.1 Å². The first-order valence-electron chi connectivity index (χ1n) is 14.1. The summed E-state index contributed by atoms with van der Waals surface area (Å²) in [6.07, 6.45) is 2.01. The number of halogens is 1. The van der Waals surface area contributed by atoms with Crippen molar-refractivity contribution in [1.82, 2.24) is 19.9 Å². The number of aromatic nitrogens is 3. The van der Waals surface area contributed by atoms with Crippen LogP contribution in [0.5, 0.6) is 5.75 Å². The number of fused-ring (bicyclic) bond motifs is 1. The Morgan fingerprint density at radius 3 is 2.41 bits per heavy atom. The minimum absolute atomic E-state index is 0.114. The van der Waals surface area contributed by atoms with Crippen molar-refractivity contribution in [2.75, 3.05) is 23.8 Å². The molecule has 0 radical (unpaired) electrons. The largest absolute Gasteiger partial charge is 0.492 e. The lowest BCUT2D eigenvalue weighted by atomic mass is 10.1. The monoisotopic (exact) mass is 596 g/mol. The fourth-order valence-corrected chi connectivity index (χ4v) is 4.41. The molecule has 2 heterocycles. The van der Waals surface area contributed by atoms with Gasteiger partial charge in [0, 0.05) is 29.6 Å². The molecule has 0 saturated carbocycles. The third-order valence-electron chi connectivity index (χ3n) is 6.58. The Morgan fingerprint density at radius 2 is 1.70 bits per heavy atom. The lowest BCUT2D eigenvalue weighted by Gasteiger charge is -2.18. The number of pyridine rings is 1. The first-order valence-corrected chi connectivity index (χ1v) is 14.1. The van der Waals surface area contributed by atoms with Crippen molar-refractivity contribution in [3.05, 3.63) is 102 Å². The standard InChI is InChI=1S/C33H33FN6O4/c1-4-44-28-18-23(31(42)35-20-33(2,3)43)9-15-27(28)37-32-38-29-16-10-24(19-40(29)39-32)22-7-13-26(14-8-22)36-30(41)17-21-5-11-25(34)12-6-21/h5-16,18-19,43H,4,17,20H2,1-3H3,(H,35,42)(H,36,41)(H,37,39). The Balaban J connectivity index is 1.26. The zero-order valence-corrected chi connectivity index (χ0v) is 24.6. The Hall–Kier alpha value is -5.29. The first kappa shape index (κ1) is 30.2. The number of aliphatic hydroxyl groups is 1. The fourth-order valence-electron chi connectivity index (χ4n) is 4.41. The van der Waals surface area contributed by atoms with E-state index in [0.29, 0.717) is 40.9 Å². The van der Waals surface area contributed by atoms with E-state index in [2.05, 4.69) is 26.0 Å². The number of amides is 2. The number of rotatable bonds is 11. The van der Waals surface area contributed by atoms with Gasteiger partial charge in [-0.15, -0.1) is 5.10 Å². The van der Waals surface area contributed by atoms with Gasteiger partial charge in [0.1, 0.15) is 11.6 Å². The zero-order chi connectivity index (χ0) is 31.3. The number of benzene rings is 3. The third-order valence-corrected chi connectivity index (χ3v) is 6.58. The minimum Gasteiger partial charge on any atom is -0.492 e. The van der Waals surface area contributed by atoms with Gasteiger partial charge in [0.2, 0.25) is 11.9 Å². The highest BCUT2D eigenvalue weighted by Gasteiger charge is 2.17. The number of hydrogen-bond donors (Lipinski definition) is 4. The van der Waals surface area contributed by atoms with Gasteiger partial charge in [-0.25, -0.2) is 8.91 Å². The SMILES string of the molecule is CCOc1cc(C(=O)NCC(C)(C)O)ccc1Nc1nc2ccc(-c3ccc(NC(=O)Cc4ccc(F)cc4)cc3)cn2n1. The number of carbonyl (C=O) groups is 2. The summed E-state index contributed by atoms with van der Waals surface area (Å²) in [7, 11) is 0. The highest BCUT2D eigenvalue weighted by Crippen LogP contribution is 2.29. The van der Waals surface area contributed by atoms with Gasteiger partial charge in [-0.05, 0) is 86.5 Å². The van der Waals surface area contributed by atoms with Gasteiger partial charge in [-0.3, -0.25) is 9.59 Å². The molecular weight excluding hydrogens is 563 g/mol.